The lowest BCUT2D eigenvalue weighted by Gasteiger charge is -2.29. The van der Waals surface area contributed by atoms with E-state index in [1.807, 2.05) is 57.2 Å². The first-order valence-electron chi connectivity index (χ1n) is 11.0. The number of rotatable bonds is 11. The molecular weight excluding hydrogens is 422 g/mol. The minimum atomic E-state index is -0.916. The SMILES string of the molecule is CCC(C)(C)C[C@@H](NC(=O)OCc1ccccc1)C(=O)NC(Cc1cccnc1)C(=O)OC. The molecule has 0 radical (unpaired) electrons. The molecule has 2 aromatic rings. The molecule has 1 heterocycles. The summed E-state index contributed by atoms with van der Waals surface area (Å²) >= 11 is 0. The highest BCUT2D eigenvalue weighted by Crippen LogP contribution is 2.26. The van der Waals surface area contributed by atoms with Gasteiger partial charge in [-0.15, -0.1) is 0 Å². The summed E-state index contributed by atoms with van der Waals surface area (Å²) < 4.78 is 10.2. The Kier molecular flexibility index (Phi) is 9.84. The Hall–Kier alpha value is -3.42. The number of nitrogens with one attached hydrogen (secondary N) is 2. The van der Waals surface area contributed by atoms with Gasteiger partial charge in [-0.25, -0.2) is 9.59 Å². The van der Waals surface area contributed by atoms with Crippen molar-refractivity contribution in [2.75, 3.05) is 7.11 Å². The maximum absolute atomic E-state index is 13.2. The standard InChI is InChI=1S/C25H33N3O5/c1-5-25(2,3)15-21(28-24(31)33-17-18-10-7-6-8-11-18)22(29)27-20(23(30)32-4)14-19-12-9-13-26-16-19/h6-13,16,20-21H,5,14-15,17H2,1-4H3,(H,27,29)(H,28,31)/t20?,21-/m1/s1. The molecule has 8 nitrogen and oxygen atoms in total. The third kappa shape index (κ3) is 8.92. The van der Waals surface area contributed by atoms with Gasteiger partial charge in [0.25, 0.3) is 0 Å². The van der Waals surface area contributed by atoms with E-state index >= 15 is 0 Å². The molecule has 33 heavy (non-hydrogen) atoms. The Morgan fingerprint density at radius 1 is 1.00 bits per heavy atom. The minimum Gasteiger partial charge on any atom is -0.467 e. The Morgan fingerprint density at radius 3 is 2.30 bits per heavy atom. The number of nitrogens with zero attached hydrogens (tertiary/aromatic N) is 1. The predicted molar refractivity (Wildman–Crippen MR) is 124 cm³/mol. The molecule has 1 aromatic heterocycles. The van der Waals surface area contributed by atoms with Gasteiger partial charge >= 0.3 is 12.1 Å². The number of methoxy groups -OCH3 is 1. The Labute approximate surface area is 195 Å². The van der Waals surface area contributed by atoms with E-state index in [4.69, 9.17) is 9.47 Å². The fraction of sp³-hybridized carbons (Fsp3) is 0.440. The number of ether oxygens (including phenoxy) is 2. The molecule has 178 valence electrons. The fourth-order valence-corrected chi connectivity index (χ4v) is 3.18. The average molecular weight is 456 g/mol. The predicted octanol–water partition coefficient (Wildman–Crippen LogP) is 3.40. The number of carbonyl (C=O) groups excluding carboxylic acids is 3. The smallest absolute Gasteiger partial charge is 0.408 e. The Balaban J connectivity index is 2.10. The molecule has 0 fully saturated rings. The molecule has 0 saturated carbocycles. The van der Waals surface area contributed by atoms with Gasteiger partial charge in [-0.05, 0) is 29.0 Å². The summed E-state index contributed by atoms with van der Waals surface area (Å²) in [6.07, 6.45) is 3.94. The van der Waals surface area contributed by atoms with Crippen molar-refractivity contribution in [3.63, 3.8) is 0 Å². The van der Waals surface area contributed by atoms with E-state index in [-0.39, 0.29) is 18.4 Å². The molecule has 0 bridgehead atoms. The van der Waals surface area contributed by atoms with E-state index in [1.165, 1.54) is 7.11 Å². The van der Waals surface area contributed by atoms with Crippen LogP contribution in [0.1, 0.15) is 44.7 Å². The Morgan fingerprint density at radius 2 is 1.70 bits per heavy atom. The number of amides is 2. The number of esters is 1. The summed E-state index contributed by atoms with van der Waals surface area (Å²) in [4.78, 5) is 42.0. The minimum absolute atomic E-state index is 0.0873. The highest BCUT2D eigenvalue weighted by atomic mass is 16.5. The van der Waals surface area contributed by atoms with E-state index in [0.29, 0.717) is 6.42 Å². The van der Waals surface area contributed by atoms with Gasteiger partial charge in [-0.2, -0.15) is 0 Å². The molecule has 0 aliphatic carbocycles. The van der Waals surface area contributed by atoms with Crippen LogP contribution in [0, 0.1) is 5.41 Å². The van der Waals surface area contributed by atoms with E-state index in [9.17, 15) is 14.4 Å². The molecule has 1 unspecified atom stereocenters. The van der Waals surface area contributed by atoms with Crippen LogP contribution in [0.5, 0.6) is 0 Å². The number of benzene rings is 1. The van der Waals surface area contributed by atoms with Gasteiger partial charge in [0.2, 0.25) is 5.91 Å². The highest BCUT2D eigenvalue weighted by Gasteiger charge is 2.32. The zero-order valence-corrected chi connectivity index (χ0v) is 19.7. The summed E-state index contributed by atoms with van der Waals surface area (Å²) in [7, 11) is 1.27. The van der Waals surface area contributed by atoms with Crippen LogP contribution in [0.15, 0.2) is 54.9 Å². The topological polar surface area (TPSA) is 107 Å². The van der Waals surface area contributed by atoms with Gasteiger partial charge in [0, 0.05) is 18.8 Å². The molecule has 0 spiro atoms. The molecule has 0 aliphatic heterocycles. The number of aromatic nitrogens is 1. The molecule has 2 amide bonds. The zero-order valence-electron chi connectivity index (χ0n) is 19.7. The first-order valence-corrected chi connectivity index (χ1v) is 11.0. The second kappa shape index (κ2) is 12.6. The van der Waals surface area contributed by atoms with Crippen molar-refractivity contribution >= 4 is 18.0 Å². The molecule has 2 N–H and O–H groups in total. The fourth-order valence-electron chi connectivity index (χ4n) is 3.18. The van der Waals surface area contributed by atoms with Crippen molar-refractivity contribution < 1.29 is 23.9 Å². The quantitative estimate of drug-likeness (QED) is 0.503. The van der Waals surface area contributed by atoms with Gasteiger partial charge in [-0.1, -0.05) is 63.6 Å². The van der Waals surface area contributed by atoms with E-state index < -0.39 is 30.1 Å². The molecule has 1 aromatic carbocycles. The lowest BCUT2D eigenvalue weighted by molar-refractivity contribution is -0.145. The lowest BCUT2D eigenvalue weighted by Crippen LogP contribution is -2.53. The van der Waals surface area contributed by atoms with Crippen molar-refractivity contribution in [2.24, 2.45) is 5.41 Å². The van der Waals surface area contributed by atoms with Crippen molar-refractivity contribution in [1.29, 1.82) is 0 Å². The van der Waals surface area contributed by atoms with Gasteiger partial charge in [-0.3, -0.25) is 9.78 Å². The molecular formula is C25H33N3O5. The lowest BCUT2D eigenvalue weighted by atomic mass is 9.83. The maximum Gasteiger partial charge on any atom is 0.408 e. The summed E-state index contributed by atoms with van der Waals surface area (Å²) in [6.45, 7) is 6.13. The molecule has 2 rings (SSSR count). The second-order valence-electron chi connectivity index (χ2n) is 8.63. The van der Waals surface area contributed by atoms with Crippen molar-refractivity contribution in [3.05, 3.63) is 66.0 Å². The number of carbonyl (C=O) groups is 3. The average Bonchev–Trinajstić information content (AvgIpc) is 2.82. The maximum atomic E-state index is 13.2. The van der Waals surface area contributed by atoms with Gasteiger partial charge in [0.15, 0.2) is 0 Å². The van der Waals surface area contributed by atoms with E-state index in [1.54, 1.807) is 18.5 Å². The number of alkyl carbamates (subject to hydrolysis) is 1. The van der Waals surface area contributed by atoms with Crippen LogP contribution in [0.25, 0.3) is 0 Å². The molecule has 2 atom stereocenters. The third-order valence-electron chi connectivity index (χ3n) is 5.50. The Bertz CT molecular complexity index is 903. The first-order chi connectivity index (χ1) is 15.7. The van der Waals surface area contributed by atoms with Crippen molar-refractivity contribution in [3.8, 4) is 0 Å². The van der Waals surface area contributed by atoms with Crippen LogP contribution in [-0.4, -0.2) is 42.1 Å². The molecule has 0 aliphatic rings. The van der Waals surface area contributed by atoms with Crippen LogP contribution < -0.4 is 10.6 Å². The van der Waals surface area contributed by atoms with E-state index in [2.05, 4.69) is 15.6 Å². The first kappa shape index (κ1) is 25.8. The van der Waals surface area contributed by atoms with Crippen LogP contribution in [-0.2, 0) is 32.1 Å². The van der Waals surface area contributed by atoms with Crippen LogP contribution in [0.3, 0.4) is 0 Å². The number of hydrogen-bond acceptors (Lipinski definition) is 6. The third-order valence-corrected chi connectivity index (χ3v) is 5.50. The van der Waals surface area contributed by atoms with Crippen molar-refractivity contribution in [2.45, 2.75) is 58.7 Å². The zero-order chi connectivity index (χ0) is 24.3. The second-order valence-corrected chi connectivity index (χ2v) is 8.63. The number of hydrogen-bond donors (Lipinski definition) is 2. The summed E-state index contributed by atoms with van der Waals surface area (Å²) in [5.41, 5.74) is 1.39. The van der Waals surface area contributed by atoms with Gasteiger partial charge < -0.3 is 20.1 Å². The van der Waals surface area contributed by atoms with Gasteiger partial charge in [0.1, 0.15) is 18.7 Å². The summed E-state index contributed by atoms with van der Waals surface area (Å²) in [6, 6.07) is 11.0. The number of pyridine rings is 1. The monoisotopic (exact) mass is 455 g/mol. The summed E-state index contributed by atoms with van der Waals surface area (Å²) in [5, 5.41) is 5.40. The van der Waals surface area contributed by atoms with Crippen LogP contribution >= 0.6 is 0 Å². The van der Waals surface area contributed by atoms with Crippen molar-refractivity contribution in [1.82, 2.24) is 15.6 Å². The van der Waals surface area contributed by atoms with Gasteiger partial charge in [0.05, 0.1) is 7.11 Å². The summed E-state index contributed by atoms with van der Waals surface area (Å²) in [5.74, 6) is -1.06. The highest BCUT2D eigenvalue weighted by molar-refractivity contribution is 5.89. The molecule has 0 saturated heterocycles. The normalized spacial score (nSPS) is 12.8. The largest absolute Gasteiger partial charge is 0.467 e. The van der Waals surface area contributed by atoms with Crippen LogP contribution in [0.4, 0.5) is 4.79 Å². The molecule has 8 heteroatoms. The van der Waals surface area contributed by atoms with Crippen LogP contribution in [0.2, 0.25) is 0 Å². The van der Waals surface area contributed by atoms with E-state index in [0.717, 1.165) is 17.5 Å².